The van der Waals surface area contributed by atoms with Crippen LogP contribution in [0.4, 0.5) is 6.01 Å². The van der Waals surface area contributed by atoms with Gasteiger partial charge in [0, 0.05) is 45.1 Å². The van der Waals surface area contributed by atoms with Crippen LogP contribution in [0, 0.1) is 5.92 Å². The van der Waals surface area contributed by atoms with Gasteiger partial charge < -0.3 is 24.4 Å². The average Bonchev–Trinajstić information content (AvgIpc) is 3.34. The summed E-state index contributed by atoms with van der Waals surface area (Å²) in [7, 11) is 0. The fraction of sp³-hybridized carbons (Fsp3) is 0.500. The quantitative estimate of drug-likeness (QED) is 0.594. The molecule has 3 aromatic rings. The van der Waals surface area contributed by atoms with Crippen LogP contribution in [-0.4, -0.2) is 40.8 Å². The minimum Gasteiger partial charge on any atom is -0.424 e. The van der Waals surface area contributed by atoms with Gasteiger partial charge in [0.05, 0.1) is 12.0 Å². The molecule has 0 spiro atoms. The van der Waals surface area contributed by atoms with Crippen LogP contribution in [-0.2, 0) is 11.3 Å². The third kappa shape index (κ3) is 4.31. The highest BCUT2D eigenvalue weighted by atomic mass is 16.5. The second-order valence-corrected chi connectivity index (χ2v) is 7.07. The van der Waals surface area contributed by atoms with E-state index in [4.69, 9.17) is 9.15 Å². The van der Waals surface area contributed by atoms with Gasteiger partial charge in [-0.05, 0) is 37.8 Å². The SMILES string of the molecule is CC(C1CCOCC1)n1cncc1CNCCNc1nc2ccccc2o1. The Balaban J connectivity index is 1.24. The molecule has 4 rings (SSSR count). The lowest BCUT2D eigenvalue weighted by atomic mass is 9.92. The lowest BCUT2D eigenvalue weighted by Crippen LogP contribution is -2.27. The minimum atomic E-state index is 0.450. The summed E-state index contributed by atoms with van der Waals surface area (Å²) in [6.45, 7) is 6.39. The number of aromatic nitrogens is 3. The molecular weight excluding hydrogens is 342 g/mol. The summed E-state index contributed by atoms with van der Waals surface area (Å²) in [4.78, 5) is 8.78. The molecule has 2 aromatic heterocycles. The van der Waals surface area contributed by atoms with Gasteiger partial charge in [0.2, 0.25) is 0 Å². The number of nitrogens with one attached hydrogen (secondary N) is 2. The Labute approximate surface area is 159 Å². The fourth-order valence-electron chi connectivity index (χ4n) is 3.68. The van der Waals surface area contributed by atoms with E-state index in [0.29, 0.717) is 18.0 Å². The van der Waals surface area contributed by atoms with E-state index in [1.807, 2.05) is 36.8 Å². The molecule has 144 valence electrons. The van der Waals surface area contributed by atoms with Crippen LogP contribution in [0.15, 0.2) is 41.2 Å². The first-order valence-corrected chi connectivity index (χ1v) is 9.70. The molecule has 1 saturated heterocycles. The second-order valence-electron chi connectivity index (χ2n) is 7.07. The first-order valence-electron chi connectivity index (χ1n) is 9.70. The summed E-state index contributed by atoms with van der Waals surface area (Å²) in [5.41, 5.74) is 2.90. The highest BCUT2D eigenvalue weighted by Crippen LogP contribution is 2.28. The van der Waals surface area contributed by atoms with Crippen LogP contribution >= 0.6 is 0 Å². The lowest BCUT2D eigenvalue weighted by molar-refractivity contribution is 0.0509. The minimum absolute atomic E-state index is 0.450. The molecule has 3 heterocycles. The van der Waals surface area contributed by atoms with Gasteiger partial charge in [-0.1, -0.05) is 12.1 Å². The maximum absolute atomic E-state index is 5.66. The van der Waals surface area contributed by atoms with Crippen LogP contribution in [0.2, 0.25) is 0 Å². The molecule has 7 heteroatoms. The Morgan fingerprint density at radius 2 is 2.07 bits per heavy atom. The average molecular weight is 369 g/mol. The maximum Gasteiger partial charge on any atom is 0.295 e. The van der Waals surface area contributed by atoms with Crippen LogP contribution in [0.3, 0.4) is 0 Å². The van der Waals surface area contributed by atoms with Crippen molar-refractivity contribution < 1.29 is 9.15 Å². The highest BCUT2D eigenvalue weighted by Gasteiger charge is 2.22. The monoisotopic (exact) mass is 369 g/mol. The molecule has 1 aromatic carbocycles. The molecule has 2 N–H and O–H groups in total. The van der Waals surface area contributed by atoms with E-state index in [1.165, 1.54) is 5.69 Å². The Hall–Kier alpha value is -2.38. The van der Waals surface area contributed by atoms with Gasteiger partial charge in [0.25, 0.3) is 6.01 Å². The summed E-state index contributed by atoms with van der Waals surface area (Å²) in [6.07, 6.45) is 6.16. The van der Waals surface area contributed by atoms with Crippen molar-refractivity contribution in [3.8, 4) is 0 Å². The Bertz CT molecular complexity index is 820. The molecule has 27 heavy (non-hydrogen) atoms. The third-order valence-electron chi connectivity index (χ3n) is 5.31. The molecule has 0 radical (unpaired) electrons. The lowest BCUT2D eigenvalue weighted by Gasteiger charge is -2.29. The Morgan fingerprint density at radius 3 is 2.93 bits per heavy atom. The van der Waals surface area contributed by atoms with Gasteiger partial charge in [0.1, 0.15) is 5.52 Å². The van der Waals surface area contributed by atoms with Crippen molar-refractivity contribution in [2.45, 2.75) is 32.4 Å². The van der Waals surface area contributed by atoms with Crippen molar-refractivity contribution in [2.75, 3.05) is 31.6 Å². The summed E-state index contributed by atoms with van der Waals surface area (Å²) in [5, 5.41) is 6.70. The van der Waals surface area contributed by atoms with Crippen LogP contribution < -0.4 is 10.6 Å². The molecular formula is C20H27N5O2. The summed E-state index contributed by atoms with van der Waals surface area (Å²) in [5.74, 6) is 0.660. The van der Waals surface area contributed by atoms with Crippen molar-refractivity contribution in [2.24, 2.45) is 5.92 Å². The molecule has 1 aliphatic heterocycles. The van der Waals surface area contributed by atoms with Crippen molar-refractivity contribution in [1.82, 2.24) is 19.9 Å². The largest absolute Gasteiger partial charge is 0.424 e. The van der Waals surface area contributed by atoms with Crippen molar-refractivity contribution in [1.29, 1.82) is 0 Å². The second kappa shape index (κ2) is 8.54. The maximum atomic E-state index is 5.66. The third-order valence-corrected chi connectivity index (χ3v) is 5.31. The number of imidazole rings is 1. The normalized spacial score (nSPS) is 16.6. The van der Waals surface area contributed by atoms with E-state index in [2.05, 4.69) is 32.1 Å². The number of benzene rings is 1. The number of hydrogen-bond donors (Lipinski definition) is 2. The summed E-state index contributed by atoms with van der Waals surface area (Å²) in [6, 6.07) is 8.79. The highest BCUT2D eigenvalue weighted by molar-refractivity contribution is 5.74. The van der Waals surface area contributed by atoms with Gasteiger partial charge in [-0.15, -0.1) is 0 Å². The molecule has 1 fully saturated rings. The molecule has 7 nitrogen and oxygen atoms in total. The van der Waals surface area contributed by atoms with E-state index in [9.17, 15) is 0 Å². The van der Waals surface area contributed by atoms with Crippen LogP contribution in [0.25, 0.3) is 11.1 Å². The van der Waals surface area contributed by atoms with E-state index in [1.54, 1.807) is 0 Å². The van der Waals surface area contributed by atoms with E-state index in [0.717, 1.165) is 56.8 Å². The number of ether oxygens (including phenoxy) is 1. The fourth-order valence-corrected chi connectivity index (χ4v) is 3.68. The first kappa shape index (κ1) is 18.0. The Kier molecular flexibility index (Phi) is 5.69. The number of rotatable bonds is 8. The molecule has 0 saturated carbocycles. The van der Waals surface area contributed by atoms with Crippen LogP contribution in [0.5, 0.6) is 0 Å². The molecule has 0 amide bonds. The number of nitrogens with zero attached hydrogens (tertiary/aromatic N) is 3. The van der Waals surface area contributed by atoms with Crippen molar-refractivity contribution in [3.05, 3.63) is 42.5 Å². The predicted octanol–water partition coefficient (Wildman–Crippen LogP) is 3.21. The first-order chi connectivity index (χ1) is 13.3. The number of hydrogen-bond acceptors (Lipinski definition) is 6. The molecule has 0 aliphatic carbocycles. The van der Waals surface area contributed by atoms with E-state index >= 15 is 0 Å². The van der Waals surface area contributed by atoms with Crippen LogP contribution in [0.1, 0.15) is 31.5 Å². The topological polar surface area (TPSA) is 77.1 Å². The smallest absolute Gasteiger partial charge is 0.295 e. The van der Waals surface area contributed by atoms with Gasteiger partial charge >= 0.3 is 0 Å². The van der Waals surface area contributed by atoms with Crippen molar-refractivity contribution in [3.63, 3.8) is 0 Å². The summed E-state index contributed by atoms with van der Waals surface area (Å²) < 4.78 is 13.5. The van der Waals surface area contributed by atoms with E-state index < -0.39 is 0 Å². The molecule has 1 unspecified atom stereocenters. The Morgan fingerprint density at radius 1 is 1.22 bits per heavy atom. The number of fused-ring (bicyclic) bond motifs is 1. The van der Waals surface area contributed by atoms with Gasteiger partial charge in [0.15, 0.2) is 5.58 Å². The summed E-state index contributed by atoms with van der Waals surface area (Å²) >= 11 is 0. The zero-order valence-electron chi connectivity index (χ0n) is 15.7. The van der Waals surface area contributed by atoms with Crippen molar-refractivity contribution >= 4 is 17.1 Å². The standard InChI is InChI=1S/C20H27N5O2/c1-15(16-6-10-26-11-7-16)25-14-22-13-17(25)12-21-8-9-23-20-24-18-4-2-3-5-19(18)27-20/h2-5,13-16,21H,6-12H2,1H3,(H,23,24). The zero-order valence-corrected chi connectivity index (χ0v) is 15.7. The van der Waals surface area contributed by atoms with Gasteiger partial charge in [-0.2, -0.15) is 4.98 Å². The molecule has 1 atom stereocenters. The number of oxazole rings is 1. The van der Waals surface area contributed by atoms with Gasteiger partial charge in [-0.25, -0.2) is 4.98 Å². The predicted molar refractivity (Wildman–Crippen MR) is 105 cm³/mol. The van der Waals surface area contributed by atoms with Gasteiger partial charge in [-0.3, -0.25) is 0 Å². The van der Waals surface area contributed by atoms with E-state index in [-0.39, 0.29) is 0 Å². The molecule has 1 aliphatic rings. The zero-order chi connectivity index (χ0) is 18.5. The molecule has 0 bridgehead atoms. The number of anilines is 1. The number of para-hydroxylation sites is 2.